The highest BCUT2D eigenvalue weighted by Gasteiger charge is 2.30. The zero-order chi connectivity index (χ0) is 30.2. The maximum Gasteiger partial charge on any atom is 0.314 e. The molecule has 0 heterocycles. The van der Waals surface area contributed by atoms with Gasteiger partial charge in [0.1, 0.15) is 11.5 Å². The number of benzene rings is 1. The van der Waals surface area contributed by atoms with E-state index in [-0.39, 0.29) is 35.7 Å². The van der Waals surface area contributed by atoms with Crippen LogP contribution in [0.2, 0.25) is 0 Å². The van der Waals surface area contributed by atoms with Gasteiger partial charge in [0.05, 0.1) is 25.0 Å². The van der Waals surface area contributed by atoms with Crippen molar-refractivity contribution in [3.63, 3.8) is 0 Å². The molecule has 2 saturated carbocycles. The first kappa shape index (κ1) is 33.6. The topological polar surface area (TPSA) is 105 Å². The fourth-order valence-electron chi connectivity index (χ4n) is 5.71. The van der Waals surface area contributed by atoms with Crippen molar-refractivity contribution in [3.8, 4) is 11.5 Å². The molecule has 0 saturated heterocycles. The Morgan fingerprint density at radius 3 is 1.26 bits per heavy atom. The Morgan fingerprint density at radius 1 is 0.571 bits per heavy atom. The van der Waals surface area contributed by atoms with E-state index in [2.05, 4.69) is 13.8 Å². The highest BCUT2D eigenvalue weighted by atomic mass is 16.5. The van der Waals surface area contributed by atoms with Gasteiger partial charge < -0.3 is 18.9 Å². The number of carbonyl (C=O) groups is 4. The molecule has 2 fully saturated rings. The van der Waals surface area contributed by atoms with Crippen LogP contribution in [0.1, 0.15) is 117 Å². The Bertz CT molecular complexity index is 893. The summed E-state index contributed by atoms with van der Waals surface area (Å²) in [6.07, 6.45) is 13.2. The summed E-state index contributed by atoms with van der Waals surface area (Å²) in [5.74, 6) is 0.351. The largest absolute Gasteiger partial charge is 0.465 e. The van der Waals surface area contributed by atoms with E-state index in [1.165, 1.54) is 0 Å². The summed E-state index contributed by atoms with van der Waals surface area (Å²) in [6, 6.07) is 6.59. The molecule has 8 heteroatoms. The van der Waals surface area contributed by atoms with Crippen molar-refractivity contribution in [2.45, 2.75) is 117 Å². The summed E-state index contributed by atoms with van der Waals surface area (Å²) < 4.78 is 22.0. The van der Waals surface area contributed by atoms with E-state index in [1.807, 2.05) is 0 Å². The van der Waals surface area contributed by atoms with Gasteiger partial charge in [-0.25, -0.2) is 0 Å². The van der Waals surface area contributed by atoms with Gasteiger partial charge in [-0.1, -0.05) is 39.5 Å². The average Bonchev–Trinajstić information content (AvgIpc) is 3.00. The minimum Gasteiger partial charge on any atom is -0.465 e. The van der Waals surface area contributed by atoms with Gasteiger partial charge in [-0.3, -0.25) is 19.2 Å². The molecule has 3 rings (SSSR count). The summed E-state index contributed by atoms with van der Waals surface area (Å²) in [7, 11) is 0. The number of esters is 4. The normalized spacial score (nSPS) is 22.1. The van der Waals surface area contributed by atoms with Crippen LogP contribution >= 0.6 is 0 Å². The lowest BCUT2D eigenvalue weighted by Crippen LogP contribution is -2.28. The minimum absolute atomic E-state index is 0.126. The molecule has 234 valence electrons. The SMILES string of the molecule is CCCCCC(=O)OCC1CCC(C(=O)Oc2ccc(OC(=O)C3CCC(COC(=O)CCCCC)CC3)cc2)CC1. The van der Waals surface area contributed by atoms with Crippen molar-refractivity contribution in [1.29, 1.82) is 0 Å². The highest BCUT2D eigenvalue weighted by Crippen LogP contribution is 2.32. The second-order valence-electron chi connectivity index (χ2n) is 12.0. The number of hydrogen-bond acceptors (Lipinski definition) is 8. The summed E-state index contributed by atoms with van der Waals surface area (Å²) in [5, 5.41) is 0. The van der Waals surface area contributed by atoms with Gasteiger partial charge >= 0.3 is 23.9 Å². The van der Waals surface area contributed by atoms with Crippen LogP contribution in [0.3, 0.4) is 0 Å². The van der Waals surface area contributed by atoms with Crippen molar-refractivity contribution >= 4 is 23.9 Å². The summed E-state index contributed by atoms with van der Waals surface area (Å²) in [5.41, 5.74) is 0. The van der Waals surface area contributed by atoms with Gasteiger partial charge in [0.15, 0.2) is 0 Å². The Hall–Kier alpha value is -2.90. The Morgan fingerprint density at radius 2 is 0.929 bits per heavy atom. The number of hydrogen-bond donors (Lipinski definition) is 0. The lowest BCUT2D eigenvalue weighted by atomic mass is 9.82. The summed E-state index contributed by atoms with van der Waals surface area (Å²) in [6.45, 7) is 5.08. The number of carbonyl (C=O) groups excluding carboxylic acids is 4. The third-order valence-electron chi connectivity index (χ3n) is 8.55. The van der Waals surface area contributed by atoms with E-state index < -0.39 is 0 Å². The van der Waals surface area contributed by atoms with E-state index >= 15 is 0 Å². The third kappa shape index (κ3) is 12.1. The first-order valence-electron chi connectivity index (χ1n) is 16.2. The Labute approximate surface area is 251 Å². The zero-order valence-electron chi connectivity index (χ0n) is 25.6. The van der Waals surface area contributed by atoms with Gasteiger partial charge in [-0.15, -0.1) is 0 Å². The molecule has 0 spiro atoms. The van der Waals surface area contributed by atoms with Crippen LogP contribution in [-0.2, 0) is 28.7 Å². The van der Waals surface area contributed by atoms with E-state index in [9.17, 15) is 19.2 Å². The smallest absolute Gasteiger partial charge is 0.314 e. The van der Waals surface area contributed by atoms with Crippen LogP contribution < -0.4 is 9.47 Å². The molecular weight excluding hydrogens is 536 g/mol. The van der Waals surface area contributed by atoms with Crippen LogP contribution in [0.5, 0.6) is 11.5 Å². The number of ether oxygens (including phenoxy) is 4. The predicted octanol–water partition coefficient (Wildman–Crippen LogP) is 7.36. The van der Waals surface area contributed by atoms with Crippen molar-refractivity contribution in [2.75, 3.05) is 13.2 Å². The highest BCUT2D eigenvalue weighted by molar-refractivity contribution is 5.76. The standard InChI is InChI=1S/C34H50O8/c1-3-5-7-9-31(35)39-23-25-11-15-27(16-12-25)33(37)41-29-19-21-30(22-20-29)42-34(38)28-17-13-26(14-18-28)24-40-32(36)10-8-6-4-2/h19-22,25-28H,3-18,23-24H2,1-2H3. The Balaban J connectivity index is 1.31. The second kappa shape index (κ2) is 18.6. The molecule has 0 radical (unpaired) electrons. The average molecular weight is 587 g/mol. The second-order valence-corrected chi connectivity index (χ2v) is 12.0. The zero-order valence-corrected chi connectivity index (χ0v) is 25.6. The molecule has 1 aromatic rings. The fourth-order valence-corrected chi connectivity index (χ4v) is 5.71. The maximum absolute atomic E-state index is 12.7. The fraction of sp³-hybridized carbons (Fsp3) is 0.706. The van der Waals surface area contributed by atoms with E-state index in [0.29, 0.717) is 49.4 Å². The van der Waals surface area contributed by atoms with Crippen LogP contribution in [0.4, 0.5) is 0 Å². The molecule has 42 heavy (non-hydrogen) atoms. The van der Waals surface area contributed by atoms with Gasteiger partial charge in [-0.2, -0.15) is 0 Å². The van der Waals surface area contributed by atoms with Crippen molar-refractivity contribution in [2.24, 2.45) is 23.7 Å². The minimum atomic E-state index is -0.252. The molecule has 1 aromatic carbocycles. The molecule has 0 N–H and O–H groups in total. The molecule has 0 aliphatic heterocycles. The van der Waals surface area contributed by atoms with Crippen LogP contribution in [0.25, 0.3) is 0 Å². The van der Waals surface area contributed by atoms with Crippen LogP contribution in [0.15, 0.2) is 24.3 Å². The summed E-state index contributed by atoms with van der Waals surface area (Å²) >= 11 is 0. The third-order valence-corrected chi connectivity index (χ3v) is 8.55. The van der Waals surface area contributed by atoms with Crippen molar-refractivity contribution < 1.29 is 38.1 Å². The van der Waals surface area contributed by atoms with Crippen molar-refractivity contribution in [1.82, 2.24) is 0 Å². The summed E-state index contributed by atoms with van der Waals surface area (Å²) in [4.78, 5) is 49.1. The number of rotatable bonds is 16. The van der Waals surface area contributed by atoms with Gasteiger partial charge in [-0.05, 0) is 100 Å². The maximum atomic E-state index is 12.7. The van der Waals surface area contributed by atoms with Gasteiger partial charge in [0, 0.05) is 12.8 Å². The molecular formula is C34H50O8. The molecule has 0 atom stereocenters. The molecule has 0 unspecified atom stereocenters. The molecule has 2 aliphatic carbocycles. The molecule has 0 aromatic heterocycles. The molecule has 2 aliphatic rings. The Kier molecular flexibility index (Phi) is 14.9. The number of unbranched alkanes of at least 4 members (excludes halogenated alkanes) is 4. The lowest BCUT2D eigenvalue weighted by molar-refractivity contribution is -0.147. The van der Waals surface area contributed by atoms with E-state index in [1.54, 1.807) is 24.3 Å². The first-order chi connectivity index (χ1) is 20.4. The quantitative estimate of drug-likeness (QED) is 0.112. The molecule has 0 bridgehead atoms. The van der Waals surface area contributed by atoms with Crippen LogP contribution in [0, 0.1) is 23.7 Å². The lowest BCUT2D eigenvalue weighted by Gasteiger charge is -2.27. The van der Waals surface area contributed by atoms with Gasteiger partial charge in [0.25, 0.3) is 0 Å². The van der Waals surface area contributed by atoms with Crippen LogP contribution in [-0.4, -0.2) is 37.1 Å². The molecule has 0 amide bonds. The first-order valence-corrected chi connectivity index (χ1v) is 16.2. The van der Waals surface area contributed by atoms with E-state index in [4.69, 9.17) is 18.9 Å². The monoisotopic (exact) mass is 586 g/mol. The predicted molar refractivity (Wildman–Crippen MR) is 159 cm³/mol. The van der Waals surface area contributed by atoms with E-state index in [0.717, 1.165) is 89.9 Å². The van der Waals surface area contributed by atoms with Crippen molar-refractivity contribution in [3.05, 3.63) is 24.3 Å². The van der Waals surface area contributed by atoms with Gasteiger partial charge in [0.2, 0.25) is 0 Å². The molecule has 8 nitrogen and oxygen atoms in total.